The third-order valence-electron chi connectivity index (χ3n) is 4.76. The number of aryl methyl sites for hydroxylation is 1. The number of halogens is 1. The summed E-state index contributed by atoms with van der Waals surface area (Å²) in [5.41, 5.74) is 3.64. The number of aromatic nitrogens is 1. The largest absolute Gasteiger partial charge is 0.367 e. The van der Waals surface area contributed by atoms with Crippen molar-refractivity contribution >= 4 is 29.0 Å². The summed E-state index contributed by atoms with van der Waals surface area (Å²) in [4.78, 5) is 31.7. The van der Waals surface area contributed by atoms with E-state index in [0.29, 0.717) is 24.3 Å². The van der Waals surface area contributed by atoms with Crippen LogP contribution in [-0.4, -0.2) is 47.8 Å². The number of carbonyl (C=O) groups excluding carboxylic acids is 2. The van der Waals surface area contributed by atoms with Crippen LogP contribution in [0.2, 0.25) is 5.02 Å². The number of benzene rings is 1. The first-order chi connectivity index (χ1) is 11.9. The minimum atomic E-state index is -0.0492. The highest BCUT2D eigenvalue weighted by Gasteiger charge is 2.27. The molecule has 0 spiro atoms. The van der Waals surface area contributed by atoms with E-state index in [-0.39, 0.29) is 11.7 Å². The predicted molar refractivity (Wildman–Crippen MR) is 99.8 cm³/mol. The third-order valence-corrected chi connectivity index (χ3v) is 5.08. The van der Waals surface area contributed by atoms with Crippen LogP contribution in [0.3, 0.4) is 0 Å². The van der Waals surface area contributed by atoms with Crippen molar-refractivity contribution in [3.63, 3.8) is 0 Å². The molecule has 5 nitrogen and oxygen atoms in total. The molecule has 0 bridgehead atoms. The van der Waals surface area contributed by atoms with Crippen LogP contribution in [-0.2, 0) is 0 Å². The van der Waals surface area contributed by atoms with Crippen LogP contribution in [0.4, 0.5) is 5.69 Å². The minimum absolute atomic E-state index is 0.0196. The van der Waals surface area contributed by atoms with E-state index in [4.69, 9.17) is 11.6 Å². The minimum Gasteiger partial charge on any atom is -0.367 e. The molecular formula is C19H22ClN3O2. The summed E-state index contributed by atoms with van der Waals surface area (Å²) in [6, 6.07) is 7.75. The van der Waals surface area contributed by atoms with Crippen molar-refractivity contribution in [1.82, 2.24) is 9.88 Å². The zero-order chi connectivity index (χ0) is 18.1. The monoisotopic (exact) mass is 359 g/mol. The summed E-state index contributed by atoms with van der Waals surface area (Å²) in [6.45, 7) is 7.89. The molecule has 2 heterocycles. The van der Waals surface area contributed by atoms with Gasteiger partial charge in [-0.25, -0.2) is 0 Å². The van der Waals surface area contributed by atoms with Gasteiger partial charge in [0.05, 0.1) is 10.7 Å². The van der Waals surface area contributed by atoms with E-state index in [1.165, 1.54) is 6.92 Å². The third kappa shape index (κ3) is 3.29. The molecule has 1 fully saturated rings. The number of carbonyl (C=O) groups is 2. The smallest absolute Gasteiger partial charge is 0.270 e. The number of rotatable bonds is 3. The molecular weight excluding hydrogens is 338 g/mol. The Kier molecular flexibility index (Phi) is 4.86. The van der Waals surface area contributed by atoms with E-state index in [2.05, 4.69) is 9.88 Å². The van der Waals surface area contributed by atoms with Gasteiger partial charge in [0.15, 0.2) is 5.78 Å². The van der Waals surface area contributed by atoms with Crippen LogP contribution in [0.25, 0.3) is 0 Å². The number of ketones is 1. The number of hydrogen-bond donors (Lipinski definition) is 1. The highest BCUT2D eigenvalue weighted by Crippen LogP contribution is 2.27. The number of Topliss-reactive ketones (excluding diaryl/α,β-unsaturated/α-hetero) is 1. The number of anilines is 1. The first-order valence-corrected chi connectivity index (χ1v) is 8.76. The second kappa shape index (κ2) is 6.92. The first kappa shape index (κ1) is 17.5. The number of aromatic amines is 1. The Morgan fingerprint density at radius 2 is 1.72 bits per heavy atom. The van der Waals surface area contributed by atoms with Crippen LogP contribution < -0.4 is 4.90 Å². The van der Waals surface area contributed by atoms with Crippen LogP contribution in [0.5, 0.6) is 0 Å². The average Bonchev–Trinajstić information content (AvgIpc) is 2.89. The summed E-state index contributed by atoms with van der Waals surface area (Å²) in [5, 5.41) is 0.726. The lowest BCUT2D eigenvalue weighted by molar-refractivity contribution is 0.0740. The second-order valence-electron chi connectivity index (χ2n) is 6.41. The van der Waals surface area contributed by atoms with Gasteiger partial charge in [-0.2, -0.15) is 0 Å². The predicted octanol–water partition coefficient (Wildman–Crippen LogP) is 3.45. The molecule has 0 atom stereocenters. The van der Waals surface area contributed by atoms with Crippen molar-refractivity contribution in [2.24, 2.45) is 0 Å². The SMILES string of the molecule is CC(=O)c1c(C)[nH]c(C(=O)N2CCN(c3ccccc3Cl)CC2)c1C. The molecule has 1 aliphatic rings. The maximum atomic E-state index is 12.9. The summed E-state index contributed by atoms with van der Waals surface area (Å²) >= 11 is 6.26. The number of piperazine rings is 1. The standard InChI is InChI=1S/C19H22ClN3O2/c1-12-17(14(3)24)13(2)21-18(12)19(25)23-10-8-22(9-11-23)16-7-5-4-6-15(16)20/h4-7,21H,8-11H2,1-3H3. The molecule has 1 N–H and O–H groups in total. The van der Waals surface area contributed by atoms with Crippen LogP contribution in [0.15, 0.2) is 24.3 Å². The van der Waals surface area contributed by atoms with E-state index in [9.17, 15) is 9.59 Å². The highest BCUT2D eigenvalue weighted by atomic mass is 35.5. The molecule has 1 amide bonds. The van der Waals surface area contributed by atoms with Gasteiger partial charge in [-0.3, -0.25) is 9.59 Å². The van der Waals surface area contributed by atoms with Crippen molar-refractivity contribution < 1.29 is 9.59 Å². The zero-order valence-corrected chi connectivity index (χ0v) is 15.5. The van der Waals surface area contributed by atoms with Crippen LogP contribution in [0, 0.1) is 13.8 Å². The van der Waals surface area contributed by atoms with Gasteiger partial charge < -0.3 is 14.8 Å². The molecule has 6 heteroatoms. The van der Waals surface area contributed by atoms with Gasteiger partial charge in [-0.15, -0.1) is 0 Å². The molecule has 132 valence electrons. The second-order valence-corrected chi connectivity index (χ2v) is 6.82. The maximum absolute atomic E-state index is 12.9. The van der Waals surface area contributed by atoms with Crippen molar-refractivity contribution in [2.45, 2.75) is 20.8 Å². The van der Waals surface area contributed by atoms with E-state index in [0.717, 1.165) is 35.1 Å². The van der Waals surface area contributed by atoms with Gasteiger partial charge in [-0.1, -0.05) is 23.7 Å². The fraction of sp³-hybridized carbons (Fsp3) is 0.368. The maximum Gasteiger partial charge on any atom is 0.270 e. The fourth-order valence-electron chi connectivity index (χ4n) is 3.51. The van der Waals surface area contributed by atoms with E-state index in [1.807, 2.05) is 43.0 Å². The fourth-order valence-corrected chi connectivity index (χ4v) is 3.76. The van der Waals surface area contributed by atoms with Gasteiger partial charge in [0.1, 0.15) is 5.69 Å². The highest BCUT2D eigenvalue weighted by molar-refractivity contribution is 6.33. The molecule has 0 unspecified atom stereocenters. The summed E-state index contributed by atoms with van der Waals surface area (Å²) in [7, 11) is 0. The molecule has 1 saturated heterocycles. The molecule has 0 saturated carbocycles. The zero-order valence-electron chi connectivity index (χ0n) is 14.7. The van der Waals surface area contributed by atoms with Gasteiger partial charge in [-0.05, 0) is 38.5 Å². The van der Waals surface area contributed by atoms with Gasteiger partial charge in [0.25, 0.3) is 5.91 Å². The number of para-hydroxylation sites is 1. The lowest BCUT2D eigenvalue weighted by atomic mass is 10.1. The van der Waals surface area contributed by atoms with Crippen molar-refractivity contribution in [3.05, 3.63) is 51.8 Å². The average molecular weight is 360 g/mol. The molecule has 3 rings (SSSR count). The van der Waals surface area contributed by atoms with E-state index in [1.54, 1.807) is 0 Å². The van der Waals surface area contributed by atoms with Crippen LogP contribution >= 0.6 is 11.6 Å². The quantitative estimate of drug-likeness (QED) is 0.854. The van der Waals surface area contributed by atoms with E-state index < -0.39 is 0 Å². The normalized spacial score (nSPS) is 14.7. The lowest BCUT2D eigenvalue weighted by Crippen LogP contribution is -2.49. The first-order valence-electron chi connectivity index (χ1n) is 8.39. The van der Waals surface area contributed by atoms with Crippen molar-refractivity contribution in [2.75, 3.05) is 31.1 Å². The number of nitrogens with one attached hydrogen (secondary N) is 1. The summed E-state index contributed by atoms with van der Waals surface area (Å²) in [5.74, 6) is -0.0688. The molecule has 1 aromatic carbocycles. The Labute approximate surface area is 152 Å². The van der Waals surface area contributed by atoms with Gasteiger partial charge in [0.2, 0.25) is 0 Å². The summed E-state index contributed by atoms with van der Waals surface area (Å²) < 4.78 is 0. The molecule has 25 heavy (non-hydrogen) atoms. The van der Waals surface area contributed by atoms with Gasteiger partial charge >= 0.3 is 0 Å². The summed E-state index contributed by atoms with van der Waals surface area (Å²) in [6.07, 6.45) is 0. The Morgan fingerprint density at radius 1 is 1.08 bits per heavy atom. The Balaban J connectivity index is 1.73. The van der Waals surface area contributed by atoms with Crippen LogP contribution in [0.1, 0.15) is 39.0 Å². The molecule has 2 aromatic rings. The van der Waals surface area contributed by atoms with E-state index >= 15 is 0 Å². The topological polar surface area (TPSA) is 56.4 Å². The molecule has 0 aliphatic carbocycles. The Bertz CT molecular complexity index is 820. The Morgan fingerprint density at radius 3 is 2.28 bits per heavy atom. The molecule has 1 aromatic heterocycles. The number of amides is 1. The van der Waals surface area contributed by atoms with Gasteiger partial charge in [0, 0.05) is 37.4 Å². The Hall–Kier alpha value is -2.27. The molecule has 0 radical (unpaired) electrons. The van der Waals surface area contributed by atoms with Crippen molar-refractivity contribution in [3.8, 4) is 0 Å². The molecule has 1 aliphatic heterocycles. The van der Waals surface area contributed by atoms with Crippen molar-refractivity contribution in [1.29, 1.82) is 0 Å². The number of hydrogen-bond acceptors (Lipinski definition) is 3. The lowest BCUT2D eigenvalue weighted by Gasteiger charge is -2.36. The number of nitrogens with zero attached hydrogens (tertiary/aromatic N) is 2. The number of H-pyrrole nitrogens is 1.